The van der Waals surface area contributed by atoms with E-state index in [1.54, 1.807) is 0 Å². The summed E-state index contributed by atoms with van der Waals surface area (Å²) >= 11 is 0. The van der Waals surface area contributed by atoms with Crippen molar-refractivity contribution in [1.29, 1.82) is 0 Å². The number of nitrogens with zero attached hydrogens (tertiary/aromatic N) is 1. The molecular formula is C12H22N2O. The molecule has 0 radical (unpaired) electrons. The first-order valence-corrected chi connectivity index (χ1v) is 6.33. The minimum Gasteiger partial charge on any atom is -0.341 e. The van der Waals surface area contributed by atoms with E-state index in [-0.39, 0.29) is 0 Å². The standard InChI is InChI=1S/C12H22N2O/c1-2-13-11-7-8-14(9-11)12(15)10-5-3-4-6-10/h10-11,13H,2-9H2,1H3. The largest absolute Gasteiger partial charge is 0.341 e. The van der Waals surface area contributed by atoms with Gasteiger partial charge in [0.15, 0.2) is 0 Å². The SMILES string of the molecule is CCNC1CCN(C(=O)C2CCCC2)C1. The molecule has 86 valence electrons. The lowest BCUT2D eigenvalue weighted by molar-refractivity contribution is -0.134. The van der Waals surface area contributed by atoms with Gasteiger partial charge in [-0.3, -0.25) is 4.79 Å². The Morgan fingerprint density at radius 2 is 2.07 bits per heavy atom. The van der Waals surface area contributed by atoms with Gasteiger partial charge in [0.05, 0.1) is 0 Å². The molecule has 0 aromatic carbocycles. The van der Waals surface area contributed by atoms with Gasteiger partial charge in [0.25, 0.3) is 0 Å². The summed E-state index contributed by atoms with van der Waals surface area (Å²) in [4.78, 5) is 14.2. The topological polar surface area (TPSA) is 32.3 Å². The summed E-state index contributed by atoms with van der Waals surface area (Å²) in [6.07, 6.45) is 5.89. The molecule has 2 aliphatic rings. The molecular weight excluding hydrogens is 188 g/mol. The molecule has 0 bridgehead atoms. The van der Waals surface area contributed by atoms with E-state index in [1.807, 2.05) is 0 Å². The lowest BCUT2D eigenvalue weighted by atomic mass is 10.1. The Kier molecular flexibility index (Phi) is 3.62. The van der Waals surface area contributed by atoms with E-state index in [4.69, 9.17) is 0 Å². The second kappa shape index (κ2) is 4.97. The molecule has 1 aliphatic carbocycles. The van der Waals surface area contributed by atoms with Gasteiger partial charge in [0, 0.05) is 25.0 Å². The Morgan fingerprint density at radius 3 is 2.73 bits per heavy atom. The number of hydrogen-bond acceptors (Lipinski definition) is 2. The summed E-state index contributed by atoms with van der Waals surface area (Å²) in [5.41, 5.74) is 0. The van der Waals surface area contributed by atoms with Gasteiger partial charge in [-0.2, -0.15) is 0 Å². The van der Waals surface area contributed by atoms with E-state index in [2.05, 4.69) is 17.1 Å². The van der Waals surface area contributed by atoms with Crippen LogP contribution in [0.2, 0.25) is 0 Å². The van der Waals surface area contributed by atoms with Gasteiger partial charge in [-0.1, -0.05) is 19.8 Å². The van der Waals surface area contributed by atoms with Crippen LogP contribution >= 0.6 is 0 Å². The Balaban J connectivity index is 1.81. The minimum atomic E-state index is 0.352. The second-order valence-electron chi connectivity index (χ2n) is 4.81. The summed E-state index contributed by atoms with van der Waals surface area (Å²) in [7, 11) is 0. The molecule has 0 aromatic rings. The van der Waals surface area contributed by atoms with Crippen LogP contribution in [0.15, 0.2) is 0 Å². The van der Waals surface area contributed by atoms with E-state index in [0.29, 0.717) is 17.9 Å². The van der Waals surface area contributed by atoms with Crippen molar-refractivity contribution < 1.29 is 4.79 Å². The van der Waals surface area contributed by atoms with E-state index in [9.17, 15) is 4.79 Å². The highest BCUT2D eigenvalue weighted by Crippen LogP contribution is 2.27. The van der Waals surface area contributed by atoms with Crippen molar-refractivity contribution in [1.82, 2.24) is 10.2 Å². The predicted molar refractivity (Wildman–Crippen MR) is 60.6 cm³/mol. The zero-order valence-corrected chi connectivity index (χ0v) is 9.67. The highest BCUT2D eigenvalue weighted by Gasteiger charge is 2.31. The number of carbonyl (C=O) groups is 1. The zero-order chi connectivity index (χ0) is 10.7. The van der Waals surface area contributed by atoms with Gasteiger partial charge in [-0.25, -0.2) is 0 Å². The molecule has 1 unspecified atom stereocenters. The lowest BCUT2D eigenvalue weighted by Crippen LogP contribution is -2.37. The molecule has 15 heavy (non-hydrogen) atoms. The number of likely N-dealkylation sites (tertiary alicyclic amines) is 1. The van der Waals surface area contributed by atoms with Gasteiger partial charge < -0.3 is 10.2 Å². The molecule has 2 rings (SSSR count). The van der Waals surface area contributed by atoms with Crippen molar-refractivity contribution in [2.24, 2.45) is 5.92 Å². The summed E-state index contributed by atoms with van der Waals surface area (Å²) in [6, 6.07) is 0.542. The van der Waals surface area contributed by atoms with Crippen molar-refractivity contribution >= 4 is 5.91 Å². The fourth-order valence-electron chi connectivity index (χ4n) is 2.85. The van der Waals surface area contributed by atoms with Crippen LogP contribution in [0.3, 0.4) is 0 Å². The number of likely N-dealkylation sites (N-methyl/N-ethyl adjacent to an activating group) is 1. The minimum absolute atomic E-state index is 0.352. The van der Waals surface area contributed by atoms with E-state index in [0.717, 1.165) is 38.9 Å². The van der Waals surface area contributed by atoms with Gasteiger partial charge >= 0.3 is 0 Å². The summed E-state index contributed by atoms with van der Waals surface area (Å²) in [6.45, 7) is 5.04. The van der Waals surface area contributed by atoms with Gasteiger partial charge in [0.2, 0.25) is 5.91 Å². The smallest absolute Gasteiger partial charge is 0.225 e. The van der Waals surface area contributed by atoms with E-state index >= 15 is 0 Å². The molecule has 1 saturated carbocycles. The molecule has 1 saturated heterocycles. The Labute approximate surface area is 92.2 Å². The second-order valence-corrected chi connectivity index (χ2v) is 4.81. The highest BCUT2D eigenvalue weighted by atomic mass is 16.2. The van der Waals surface area contributed by atoms with Crippen LogP contribution in [-0.4, -0.2) is 36.5 Å². The normalized spacial score (nSPS) is 27.5. The van der Waals surface area contributed by atoms with Crippen molar-refractivity contribution in [2.45, 2.75) is 45.1 Å². The fourth-order valence-corrected chi connectivity index (χ4v) is 2.85. The van der Waals surface area contributed by atoms with Crippen LogP contribution in [-0.2, 0) is 4.79 Å². The van der Waals surface area contributed by atoms with Crippen LogP contribution in [0.5, 0.6) is 0 Å². The molecule has 0 spiro atoms. The maximum absolute atomic E-state index is 12.1. The third-order valence-corrected chi connectivity index (χ3v) is 3.70. The van der Waals surface area contributed by atoms with E-state index < -0.39 is 0 Å². The maximum atomic E-state index is 12.1. The van der Waals surface area contributed by atoms with Gasteiger partial charge in [0.1, 0.15) is 0 Å². The number of amides is 1. The Bertz CT molecular complexity index is 224. The number of nitrogens with one attached hydrogen (secondary N) is 1. The maximum Gasteiger partial charge on any atom is 0.225 e. The summed E-state index contributed by atoms with van der Waals surface area (Å²) < 4.78 is 0. The average Bonchev–Trinajstić information content (AvgIpc) is 2.87. The van der Waals surface area contributed by atoms with Gasteiger partial charge in [-0.05, 0) is 25.8 Å². The first-order valence-electron chi connectivity index (χ1n) is 6.33. The molecule has 1 N–H and O–H groups in total. The number of carbonyl (C=O) groups excluding carboxylic acids is 1. The molecule has 1 amide bonds. The van der Waals surface area contributed by atoms with Gasteiger partial charge in [-0.15, -0.1) is 0 Å². The average molecular weight is 210 g/mol. The van der Waals surface area contributed by atoms with Crippen molar-refractivity contribution in [3.8, 4) is 0 Å². The van der Waals surface area contributed by atoms with Crippen LogP contribution in [0.1, 0.15) is 39.0 Å². The van der Waals surface area contributed by atoms with Crippen LogP contribution in [0.4, 0.5) is 0 Å². The fraction of sp³-hybridized carbons (Fsp3) is 0.917. The van der Waals surface area contributed by atoms with Crippen LogP contribution in [0, 0.1) is 5.92 Å². The Morgan fingerprint density at radius 1 is 1.33 bits per heavy atom. The first-order chi connectivity index (χ1) is 7.31. The molecule has 3 nitrogen and oxygen atoms in total. The zero-order valence-electron chi connectivity index (χ0n) is 9.67. The quantitative estimate of drug-likeness (QED) is 0.763. The Hall–Kier alpha value is -0.570. The molecule has 1 heterocycles. The van der Waals surface area contributed by atoms with E-state index in [1.165, 1.54) is 12.8 Å². The van der Waals surface area contributed by atoms with Crippen molar-refractivity contribution in [2.75, 3.05) is 19.6 Å². The lowest BCUT2D eigenvalue weighted by Gasteiger charge is -2.20. The summed E-state index contributed by atoms with van der Waals surface area (Å²) in [5, 5.41) is 3.43. The van der Waals surface area contributed by atoms with Crippen LogP contribution < -0.4 is 5.32 Å². The first kappa shape index (κ1) is 10.9. The number of rotatable bonds is 3. The third kappa shape index (κ3) is 2.51. The third-order valence-electron chi connectivity index (χ3n) is 3.70. The van der Waals surface area contributed by atoms with Crippen molar-refractivity contribution in [3.05, 3.63) is 0 Å². The predicted octanol–water partition coefficient (Wildman–Crippen LogP) is 1.39. The molecule has 3 heteroatoms. The molecule has 2 fully saturated rings. The van der Waals surface area contributed by atoms with Crippen molar-refractivity contribution in [3.63, 3.8) is 0 Å². The van der Waals surface area contributed by atoms with Crippen LogP contribution in [0.25, 0.3) is 0 Å². The molecule has 1 aliphatic heterocycles. The molecule has 0 aromatic heterocycles. The molecule has 1 atom stereocenters. The summed E-state index contributed by atoms with van der Waals surface area (Å²) in [5.74, 6) is 0.776. The number of hydrogen-bond donors (Lipinski definition) is 1. The monoisotopic (exact) mass is 210 g/mol. The highest BCUT2D eigenvalue weighted by molar-refractivity contribution is 5.79.